The van der Waals surface area contributed by atoms with E-state index in [-0.39, 0.29) is 5.91 Å². The molecule has 1 aromatic rings. The van der Waals surface area contributed by atoms with Crippen molar-refractivity contribution in [1.82, 2.24) is 14.8 Å². The number of amides is 1. The first kappa shape index (κ1) is 15.6. The van der Waals surface area contributed by atoms with Gasteiger partial charge in [-0.2, -0.15) is 0 Å². The van der Waals surface area contributed by atoms with Crippen LogP contribution >= 0.6 is 0 Å². The van der Waals surface area contributed by atoms with Crippen LogP contribution in [0.25, 0.3) is 0 Å². The van der Waals surface area contributed by atoms with Gasteiger partial charge in [-0.1, -0.05) is 13.8 Å². The van der Waals surface area contributed by atoms with Gasteiger partial charge in [0.05, 0.1) is 0 Å². The third kappa shape index (κ3) is 4.31. The maximum absolute atomic E-state index is 12.2. The molecule has 0 bridgehead atoms. The lowest BCUT2D eigenvalue weighted by Gasteiger charge is -2.36. The van der Waals surface area contributed by atoms with E-state index in [1.54, 1.807) is 24.5 Å². The molecule has 2 rings (SSSR count). The lowest BCUT2D eigenvalue weighted by Crippen LogP contribution is -2.50. The second-order valence-corrected chi connectivity index (χ2v) is 4.66. The standard InChI is InChI=1S/C13H19N3O.C2H6/c1-11(2)15-7-9-16(10-8-15)13(17)12-3-5-14-6-4-12;1-2/h3-6,11H,7-10H2,1-2H3;1-2H3. The molecule has 0 aromatic carbocycles. The van der Waals surface area contributed by atoms with Crippen LogP contribution in [0.2, 0.25) is 0 Å². The Bertz CT molecular complexity index is 370. The van der Waals surface area contributed by atoms with Crippen molar-refractivity contribution in [1.29, 1.82) is 0 Å². The zero-order valence-electron chi connectivity index (χ0n) is 12.5. The molecule has 4 nitrogen and oxygen atoms in total. The van der Waals surface area contributed by atoms with E-state index >= 15 is 0 Å². The predicted octanol–water partition coefficient (Wildman–Crippen LogP) is 2.27. The number of nitrogens with zero attached hydrogens (tertiary/aromatic N) is 3. The minimum Gasteiger partial charge on any atom is -0.336 e. The Morgan fingerprint density at radius 2 is 1.63 bits per heavy atom. The molecule has 1 aromatic heterocycles. The number of aromatic nitrogens is 1. The summed E-state index contributed by atoms with van der Waals surface area (Å²) in [6.45, 7) is 12.0. The molecule has 2 heterocycles. The van der Waals surface area contributed by atoms with Crippen LogP contribution in [0.15, 0.2) is 24.5 Å². The molecule has 0 atom stereocenters. The van der Waals surface area contributed by atoms with Crippen molar-refractivity contribution in [3.8, 4) is 0 Å². The van der Waals surface area contributed by atoms with E-state index in [2.05, 4.69) is 23.7 Å². The molecule has 1 aliphatic heterocycles. The molecule has 4 heteroatoms. The van der Waals surface area contributed by atoms with Crippen LogP contribution in [0.5, 0.6) is 0 Å². The van der Waals surface area contributed by atoms with Crippen LogP contribution in [0, 0.1) is 0 Å². The van der Waals surface area contributed by atoms with E-state index in [1.165, 1.54) is 0 Å². The van der Waals surface area contributed by atoms with Crippen LogP contribution in [0.3, 0.4) is 0 Å². The van der Waals surface area contributed by atoms with Crippen LogP contribution in [-0.2, 0) is 0 Å². The number of hydrogen-bond acceptors (Lipinski definition) is 3. The summed E-state index contributed by atoms with van der Waals surface area (Å²) in [5.41, 5.74) is 0.734. The summed E-state index contributed by atoms with van der Waals surface area (Å²) < 4.78 is 0. The fourth-order valence-corrected chi connectivity index (χ4v) is 2.12. The van der Waals surface area contributed by atoms with Gasteiger partial charge in [0.25, 0.3) is 5.91 Å². The molecule has 0 N–H and O–H groups in total. The van der Waals surface area contributed by atoms with Crippen LogP contribution < -0.4 is 0 Å². The van der Waals surface area contributed by atoms with E-state index < -0.39 is 0 Å². The highest BCUT2D eigenvalue weighted by molar-refractivity contribution is 5.94. The van der Waals surface area contributed by atoms with Crippen molar-refractivity contribution in [2.24, 2.45) is 0 Å². The molecule has 0 aliphatic carbocycles. The molecule has 1 saturated heterocycles. The third-order valence-electron chi connectivity index (χ3n) is 3.26. The third-order valence-corrected chi connectivity index (χ3v) is 3.26. The summed E-state index contributed by atoms with van der Waals surface area (Å²) in [5, 5.41) is 0. The van der Waals surface area contributed by atoms with Gasteiger partial charge in [-0.15, -0.1) is 0 Å². The van der Waals surface area contributed by atoms with Gasteiger partial charge in [0.15, 0.2) is 0 Å². The molecule has 106 valence electrons. The van der Waals surface area contributed by atoms with Crippen LogP contribution in [0.4, 0.5) is 0 Å². The maximum Gasteiger partial charge on any atom is 0.254 e. The Kier molecular flexibility index (Phi) is 6.50. The first-order valence-electron chi connectivity index (χ1n) is 7.12. The highest BCUT2D eigenvalue weighted by Gasteiger charge is 2.22. The zero-order valence-corrected chi connectivity index (χ0v) is 12.5. The first-order chi connectivity index (χ1) is 9.18. The van der Waals surface area contributed by atoms with Crippen molar-refractivity contribution < 1.29 is 4.79 Å². The molecule has 1 fully saturated rings. The molecule has 1 aliphatic rings. The molecule has 19 heavy (non-hydrogen) atoms. The van der Waals surface area contributed by atoms with Crippen molar-refractivity contribution in [2.75, 3.05) is 26.2 Å². The Morgan fingerprint density at radius 1 is 1.11 bits per heavy atom. The largest absolute Gasteiger partial charge is 0.336 e. The highest BCUT2D eigenvalue weighted by Crippen LogP contribution is 2.09. The van der Waals surface area contributed by atoms with Gasteiger partial charge in [0.1, 0.15) is 0 Å². The van der Waals surface area contributed by atoms with E-state index in [4.69, 9.17) is 0 Å². The molecule has 0 spiro atoms. The smallest absolute Gasteiger partial charge is 0.254 e. The van der Waals surface area contributed by atoms with E-state index in [1.807, 2.05) is 18.7 Å². The summed E-state index contributed by atoms with van der Waals surface area (Å²) >= 11 is 0. The van der Waals surface area contributed by atoms with E-state index in [9.17, 15) is 4.79 Å². The lowest BCUT2D eigenvalue weighted by molar-refractivity contribution is 0.0595. The Morgan fingerprint density at radius 3 is 2.11 bits per heavy atom. The molecule has 0 saturated carbocycles. The lowest BCUT2D eigenvalue weighted by atomic mass is 10.2. The van der Waals surface area contributed by atoms with Gasteiger partial charge in [-0.3, -0.25) is 14.7 Å². The predicted molar refractivity (Wildman–Crippen MR) is 78.2 cm³/mol. The normalized spacial score (nSPS) is 15.9. The number of rotatable bonds is 2. The highest BCUT2D eigenvalue weighted by atomic mass is 16.2. The van der Waals surface area contributed by atoms with Gasteiger partial charge < -0.3 is 4.90 Å². The second kappa shape index (κ2) is 7.89. The molecule has 0 radical (unpaired) electrons. The van der Waals surface area contributed by atoms with Crippen molar-refractivity contribution in [3.63, 3.8) is 0 Å². The van der Waals surface area contributed by atoms with Gasteiger partial charge in [0.2, 0.25) is 0 Å². The number of carbonyl (C=O) groups excluding carboxylic acids is 1. The van der Waals surface area contributed by atoms with Gasteiger partial charge >= 0.3 is 0 Å². The van der Waals surface area contributed by atoms with Crippen LogP contribution in [-0.4, -0.2) is 52.9 Å². The van der Waals surface area contributed by atoms with Crippen molar-refractivity contribution >= 4 is 5.91 Å². The molecule has 0 unspecified atom stereocenters. The van der Waals surface area contributed by atoms with Crippen molar-refractivity contribution in [3.05, 3.63) is 30.1 Å². The fraction of sp³-hybridized carbons (Fsp3) is 0.600. The topological polar surface area (TPSA) is 36.4 Å². The summed E-state index contributed by atoms with van der Waals surface area (Å²) in [5.74, 6) is 0.121. The number of pyridine rings is 1. The first-order valence-corrected chi connectivity index (χ1v) is 7.12. The maximum atomic E-state index is 12.2. The summed E-state index contributed by atoms with van der Waals surface area (Å²) in [7, 11) is 0. The summed E-state index contributed by atoms with van der Waals surface area (Å²) in [4.78, 5) is 20.4. The van der Waals surface area contributed by atoms with Crippen LogP contribution in [0.1, 0.15) is 38.1 Å². The van der Waals surface area contributed by atoms with Crippen molar-refractivity contribution in [2.45, 2.75) is 33.7 Å². The van der Waals surface area contributed by atoms with Gasteiger partial charge in [-0.05, 0) is 26.0 Å². The fourth-order valence-electron chi connectivity index (χ4n) is 2.12. The monoisotopic (exact) mass is 263 g/mol. The van der Waals surface area contributed by atoms with Gasteiger partial charge in [-0.25, -0.2) is 0 Å². The molecular weight excluding hydrogens is 238 g/mol. The number of carbonyl (C=O) groups is 1. The Hall–Kier alpha value is -1.42. The van der Waals surface area contributed by atoms with Gasteiger partial charge in [0, 0.05) is 50.2 Å². The summed E-state index contributed by atoms with van der Waals surface area (Å²) in [6, 6.07) is 4.11. The molecule has 1 amide bonds. The van der Waals surface area contributed by atoms with E-state index in [0.717, 1.165) is 31.7 Å². The second-order valence-electron chi connectivity index (χ2n) is 4.66. The minimum atomic E-state index is 0.121. The number of piperazine rings is 1. The average Bonchev–Trinajstić information content (AvgIpc) is 2.49. The number of hydrogen-bond donors (Lipinski definition) is 0. The SMILES string of the molecule is CC.CC(C)N1CCN(C(=O)c2ccncc2)CC1. The minimum absolute atomic E-state index is 0.121. The summed E-state index contributed by atoms with van der Waals surface area (Å²) in [6.07, 6.45) is 3.33. The Labute approximate surface area is 116 Å². The van der Waals surface area contributed by atoms with E-state index in [0.29, 0.717) is 6.04 Å². The average molecular weight is 263 g/mol. The molecular formula is C15H25N3O. The zero-order chi connectivity index (χ0) is 14.3. The Balaban J connectivity index is 0.000000861. The quantitative estimate of drug-likeness (QED) is 0.821.